The fourth-order valence-electron chi connectivity index (χ4n) is 4.59. The lowest BCUT2D eigenvalue weighted by molar-refractivity contribution is -0.133. The van der Waals surface area contributed by atoms with Crippen LogP contribution in [0.5, 0.6) is 0 Å². The molecule has 1 amide bonds. The van der Waals surface area contributed by atoms with E-state index in [1.165, 1.54) is 4.52 Å². The molecule has 5 rings (SSSR count). The summed E-state index contributed by atoms with van der Waals surface area (Å²) in [5.41, 5.74) is 2.78. The number of nitrogens with zero attached hydrogens (tertiary/aromatic N) is 4. The van der Waals surface area contributed by atoms with Crippen LogP contribution in [0.25, 0.3) is 16.4 Å². The van der Waals surface area contributed by atoms with Gasteiger partial charge in [0.15, 0.2) is 5.65 Å². The number of aryl methyl sites for hydroxylation is 1. The van der Waals surface area contributed by atoms with Crippen molar-refractivity contribution >= 4 is 22.3 Å². The van der Waals surface area contributed by atoms with E-state index in [0.29, 0.717) is 39.9 Å². The lowest BCUT2D eigenvalue weighted by Gasteiger charge is -2.27. The summed E-state index contributed by atoms with van der Waals surface area (Å²) in [6.07, 6.45) is 1.65. The third-order valence-electron chi connectivity index (χ3n) is 6.50. The van der Waals surface area contributed by atoms with Crippen molar-refractivity contribution in [1.82, 2.24) is 29.7 Å². The van der Waals surface area contributed by atoms with Crippen LogP contribution in [0.3, 0.4) is 0 Å². The number of rotatable bonds is 3. The number of aromatic nitrogens is 5. The van der Waals surface area contributed by atoms with Gasteiger partial charge in [-0.2, -0.15) is 5.10 Å². The van der Waals surface area contributed by atoms with E-state index >= 15 is 0 Å². The first-order chi connectivity index (χ1) is 15.4. The Morgan fingerprint density at radius 3 is 2.72 bits per heavy atom. The molecule has 1 saturated heterocycles. The van der Waals surface area contributed by atoms with Gasteiger partial charge in [-0.3, -0.25) is 19.5 Å². The predicted octanol–water partition coefficient (Wildman–Crippen LogP) is 2.34. The van der Waals surface area contributed by atoms with Crippen LogP contribution in [0.15, 0.2) is 39.9 Å². The lowest BCUT2D eigenvalue weighted by Crippen LogP contribution is -2.34. The summed E-state index contributed by atoms with van der Waals surface area (Å²) in [6.45, 7) is 6.00. The SMILES string of the molecule is Cc1nc2cc(C3CCCN3C(=O)C(C)c3n[nH]c(=O)c4ccccc34)[nH]n2c(=O)c1C. The van der Waals surface area contributed by atoms with E-state index in [9.17, 15) is 14.4 Å². The van der Waals surface area contributed by atoms with Crippen LogP contribution in [0, 0.1) is 13.8 Å². The molecule has 2 unspecified atom stereocenters. The molecule has 164 valence electrons. The van der Waals surface area contributed by atoms with Gasteiger partial charge in [-0.15, -0.1) is 0 Å². The van der Waals surface area contributed by atoms with Gasteiger partial charge in [0, 0.05) is 29.3 Å². The molecular formula is C23H24N6O3. The molecule has 0 spiro atoms. The van der Waals surface area contributed by atoms with Crippen LogP contribution in [-0.2, 0) is 4.79 Å². The molecular weight excluding hydrogens is 408 g/mol. The van der Waals surface area contributed by atoms with Crippen LogP contribution < -0.4 is 11.1 Å². The number of aromatic amines is 2. The first-order valence-corrected chi connectivity index (χ1v) is 10.7. The van der Waals surface area contributed by atoms with Crippen molar-refractivity contribution in [2.24, 2.45) is 0 Å². The van der Waals surface area contributed by atoms with Crippen molar-refractivity contribution in [1.29, 1.82) is 0 Å². The minimum Gasteiger partial charge on any atom is -0.334 e. The molecule has 0 aliphatic carbocycles. The number of fused-ring (bicyclic) bond motifs is 2. The van der Waals surface area contributed by atoms with Crippen LogP contribution in [0.4, 0.5) is 0 Å². The Bertz CT molecular complexity index is 1480. The summed E-state index contributed by atoms with van der Waals surface area (Å²) < 4.78 is 1.44. The lowest BCUT2D eigenvalue weighted by atomic mass is 9.99. The third-order valence-corrected chi connectivity index (χ3v) is 6.50. The molecule has 1 aliphatic heterocycles. The monoisotopic (exact) mass is 432 g/mol. The fraction of sp³-hybridized carbons (Fsp3) is 0.348. The van der Waals surface area contributed by atoms with Crippen LogP contribution in [0.2, 0.25) is 0 Å². The zero-order valence-electron chi connectivity index (χ0n) is 18.2. The van der Waals surface area contributed by atoms with Gasteiger partial charge in [0.2, 0.25) is 5.91 Å². The molecule has 0 bridgehead atoms. The topological polar surface area (TPSA) is 116 Å². The number of carbonyl (C=O) groups is 1. The number of hydrogen-bond acceptors (Lipinski definition) is 5. The van der Waals surface area contributed by atoms with Gasteiger partial charge in [-0.05, 0) is 39.7 Å². The van der Waals surface area contributed by atoms with E-state index in [1.54, 1.807) is 19.1 Å². The zero-order chi connectivity index (χ0) is 22.6. The summed E-state index contributed by atoms with van der Waals surface area (Å²) in [5.74, 6) is -0.601. The van der Waals surface area contributed by atoms with E-state index < -0.39 is 5.92 Å². The number of nitrogens with one attached hydrogen (secondary N) is 2. The van der Waals surface area contributed by atoms with Gasteiger partial charge in [0.25, 0.3) is 11.1 Å². The molecule has 0 radical (unpaired) electrons. The van der Waals surface area contributed by atoms with Gasteiger partial charge < -0.3 is 4.90 Å². The molecule has 1 aliphatic rings. The van der Waals surface area contributed by atoms with Crippen LogP contribution in [0.1, 0.15) is 54.4 Å². The van der Waals surface area contributed by atoms with Crippen molar-refractivity contribution in [3.05, 3.63) is 73.7 Å². The zero-order valence-corrected chi connectivity index (χ0v) is 18.2. The van der Waals surface area contributed by atoms with Crippen LogP contribution >= 0.6 is 0 Å². The van der Waals surface area contributed by atoms with Crippen molar-refractivity contribution in [2.75, 3.05) is 6.54 Å². The highest BCUT2D eigenvalue weighted by Crippen LogP contribution is 2.34. The second-order valence-electron chi connectivity index (χ2n) is 8.43. The highest BCUT2D eigenvalue weighted by Gasteiger charge is 2.35. The largest absolute Gasteiger partial charge is 0.334 e. The highest BCUT2D eigenvalue weighted by atomic mass is 16.2. The Hall–Kier alpha value is -3.75. The summed E-state index contributed by atoms with van der Waals surface area (Å²) in [6, 6.07) is 8.84. The number of amides is 1. The number of carbonyl (C=O) groups excluding carboxylic acids is 1. The van der Waals surface area contributed by atoms with E-state index in [1.807, 2.05) is 36.9 Å². The number of H-pyrrole nitrogens is 2. The standard InChI is InChI=1S/C23H24N6O3/c1-12-14(3)24-19-11-17(27-29(19)23(12)32)18-9-6-10-28(18)22(31)13(2)20-15-7-4-5-8-16(15)21(30)26-25-20/h4-5,7-8,11,13,18,27H,6,9-10H2,1-3H3,(H,26,30). The third kappa shape index (κ3) is 3.04. The summed E-state index contributed by atoms with van der Waals surface area (Å²) in [4.78, 5) is 44.6. The maximum Gasteiger partial charge on any atom is 0.275 e. The van der Waals surface area contributed by atoms with Crippen molar-refractivity contribution in [3.8, 4) is 0 Å². The average molecular weight is 432 g/mol. The smallest absolute Gasteiger partial charge is 0.275 e. The predicted molar refractivity (Wildman–Crippen MR) is 120 cm³/mol. The van der Waals surface area contributed by atoms with Crippen LogP contribution in [-0.4, -0.2) is 42.1 Å². The fourth-order valence-corrected chi connectivity index (χ4v) is 4.59. The molecule has 4 heterocycles. The van der Waals surface area contributed by atoms with Gasteiger partial charge in [0.05, 0.1) is 28.7 Å². The van der Waals surface area contributed by atoms with Crippen molar-refractivity contribution < 1.29 is 4.79 Å². The second-order valence-corrected chi connectivity index (χ2v) is 8.43. The van der Waals surface area contributed by atoms with E-state index in [0.717, 1.165) is 18.5 Å². The van der Waals surface area contributed by atoms with E-state index in [4.69, 9.17) is 0 Å². The van der Waals surface area contributed by atoms with Gasteiger partial charge in [-0.1, -0.05) is 18.2 Å². The van der Waals surface area contributed by atoms with Crippen molar-refractivity contribution in [3.63, 3.8) is 0 Å². The molecule has 1 fully saturated rings. The molecule has 1 aromatic carbocycles. The number of benzene rings is 1. The summed E-state index contributed by atoms with van der Waals surface area (Å²) >= 11 is 0. The minimum absolute atomic E-state index is 0.0662. The molecule has 4 aromatic rings. The molecule has 32 heavy (non-hydrogen) atoms. The molecule has 9 heteroatoms. The van der Waals surface area contributed by atoms with E-state index in [-0.39, 0.29) is 23.1 Å². The number of likely N-dealkylation sites (tertiary alicyclic amines) is 1. The molecule has 0 saturated carbocycles. The maximum absolute atomic E-state index is 13.5. The van der Waals surface area contributed by atoms with Gasteiger partial charge >= 0.3 is 0 Å². The Labute approximate surface area is 183 Å². The van der Waals surface area contributed by atoms with E-state index in [2.05, 4.69) is 20.3 Å². The maximum atomic E-state index is 13.5. The quantitative estimate of drug-likeness (QED) is 0.515. The Kier molecular flexibility index (Phi) is 4.69. The van der Waals surface area contributed by atoms with Gasteiger partial charge in [0.1, 0.15) is 0 Å². The number of hydrogen-bond donors (Lipinski definition) is 2. The molecule has 2 N–H and O–H groups in total. The Morgan fingerprint density at radius 1 is 1.19 bits per heavy atom. The Morgan fingerprint density at radius 2 is 1.94 bits per heavy atom. The average Bonchev–Trinajstić information content (AvgIpc) is 3.44. The molecule has 9 nitrogen and oxygen atoms in total. The first kappa shape index (κ1) is 20.2. The van der Waals surface area contributed by atoms with Crippen molar-refractivity contribution in [2.45, 2.75) is 45.6 Å². The molecule has 3 aromatic heterocycles. The highest BCUT2D eigenvalue weighted by molar-refractivity contribution is 5.91. The molecule has 2 atom stereocenters. The normalized spacial score (nSPS) is 17.3. The minimum atomic E-state index is -0.535. The first-order valence-electron chi connectivity index (χ1n) is 10.7. The Balaban J connectivity index is 1.51. The summed E-state index contributed by atoms with van der Waals surface area (Å²) in [7, 11) is 0. The second kappa shape index (κ2) is 7.44. The summed E-state index contributed by atoms with van der Waals surface area (Å²) in [5, 5.41) is 11.1. The van der Waals surface area contributed by atoms with Gasteiger partial charge in [-0.25, -0.2) is 14.6 Å².